The van der Waals surface area contributed by atoms with Crippen LogP contribution in [0.15, 0.2) is 30.3 Å². The Hall–Kier alpha value is -2.03. The number of pyridine rings is 1. The molecule has 88 valence electrons. The number of nitrogen functional groups attached to an aromatic ring is 1. The van der Waals surface area contributed by atoms with Crippen LogP contribution in [0.4, 0.5) is 5.69 Å². The standard InChI is InChI=1S/C14H16N2O/c1-9-8-13(10(2)7-12(9)15)17-14-6-4-5-11(3)16-14/h4-8H,15H2,1-3H3. The van der Waals surface area contributed by atoms with E-state index < -0.39 is 0 Å². The summed E-state index contributed by atoms with van der Waals surface area (Å²) in [6.45, 7) is 5.88. The van der Waals surface area contributed by atoms with E-state index >= 15 is 0 Å². The van der Waals surface area contributed by atoms with E-state index in [2.05, 4.69) is 4.98 Å². The molecule has 0 saturated carbocycles. The minimum absolute atomic E-state index is 0.609. The second-order valence-corrected chi connectivity index (χ2v) is 4.19. The number of nitrogens with two attached hydrogens (primary N) is 1. The molecule has 0 radical (unpaired) electrons. The Morgan fingerprint density at radius 2 is 1.82 bits per heavy atom. The van der Waals surface area contributed by atoms with Gasteiger partial charge in [0.15, 0.2) is 0 Å². The van der Waals surface area contributed by atoms with Crippen LogP contribution in [0, 0.1) is 20.8 Å². The Kier molecular flexibility index (Phi) is 3.00. The second kappa shape index (κ2) is 4.45. The van der Waals surface area contributed by atoms with Crippen LogP contribution in [-0.4, -0.2) is 4.98 Å². The Morgan fingerprint density at radius 3 is 2.53 bits per heavy atom. The highest BCUT2D eigenvalue weighted by Gasteiger charge is 2.05. The molecule has 0 spiro atoms. The average molecular weight is 228 g/mol. The number of anilines is 1. The van der Waals surface area contributed by atoms with Crippen molar-refractivity contribution >= 4 is 5.69 Å². The molecule has 17 heavy (non-hydrogen) atoms. The quantitative estimate of drug-likeness (QED) is 0.801. The Labute approximate surface area is 101 Å². The molecule has 1 heterocycles. The van der Waals surface area contributed by atoms with Gasteiger partial charge in [-0.2, -0.15) is 0 Å². The first-order valence-electron chi connectivity index (χ1n) is 5.54. The molecule has 0 fully saturated rings. The van der Waals surface area contributed by atoms with E-state index in [9.17, 15) is 0 Å². The lowest BCUT2D eigenvalue weighted by atomic mass is 10.1. The lowest BCUT2D eigenvalue weighted by molar-refractivity contribution is 0.458. The van der Waals surface area contributed by atoms with Gasteiger partial charge in [0.25, 0.3) is 0 Å². The van der Waals surface area contributed by atoms with Crippen molar-refractivity contribution in [2.24, 2.45) is 0 Å². The molecule has 0 aliphatic heterocycles. The molecule has 0 saturated heterocycles. The summed E-state index contributed by atoms with van der Waals surface area (Å²) in [6, 6.07) is 9.57. The van der Waals surface area contributed by atoms with Crippen molar-refractivity contribution in [1.82, 2.24) is 4.98 Å². The predicted octanol–water partition coefficient (Wildman–Crippen LogP) is 3.38. The van der Waals surface area contributed by atoms with E-state index in [0.717, 1.165) is 28.3 Å². The highest BCUT2D eigenvalue weighted by molar-refractivity contribution is 5.54. The molecule has 0 amide bonds. The zero-order valence-corrected chi connectivity index (χ0v) is 10.3. The molecule has 3 heteroatoms. The fraction of sp³-hybridized carbons (Fsp3) is 0.214. The largest absolute Gasteiger partial charge is 0.439 e. The van der Waals surface area contributed by atoms with Gasteiger partial charge in [0.2, 0.25) is 5.88 Å². The van der Waals surface area contributed by atoms with E-state index in [0.29, 0.717) is 5.88 Å². The summed E-state index contributed by atoms with van der Waals surface area (Å²) in [7, 11) is 0. The third-order valence-electron chi connectivity index (χ3n) is 2.64. The van der Waals surface area contributed by atoms with Crippen molar-refractivity contribution in [3.8, 4) is 11.6 Å². The summed E-state index contributed by atoms with van der Waals surface area (Å²) in [4.78, 5) is 4.31. The molecule has 0 atom stereocenters. The first kappa shape index (κ1) is 11.5. The van der Waals surface area contributed by atoms with Crippen LogP contribution < -0.4 is 10.5 Å². The third-order valence-corrected chi connectivity index (χ3v) is 2.64. The lowest BCUT2D eigenvalue weighted by Crippen LogP contribution is -1.95. The van der Waals surface area contributed by atoms with Gasteiger partial charge in [-0.15, -0.1) is 0 Å². The summed E-state index contributed by atoms with van der Waals surface area (Å²) in [5.41, 5.74) is 9.58. The Balaban J connectivity index is 2.33. The van der Waals surface area contributed by atoms with E-state index in [4.69, 9.17) is 10.5 Å². The fourth-order valence-electron chi connectivity index (χ4n) is 1.61. The van der Waals surface area contributed by atoms with Gasteiger partial charge in [-0.1, -0.05) is 6.07 Å². The monoisotopic (exact) mass is 228 g/mol. The summed E-state index contributed by atoms with van der Waals surface area (Å²) in [5.74, 6) is 1.41. The molecule has 2 rings (SSSR count). The number of benzene rings is 1. The highest BCUT2D eigenvalue weighted by Crippen LogP contribution is 2.27. The van der Waals surface area contributed by atoms with Crippen molar-refractivity contribution < 1.29 is 4.74 Å². The highest BCUT2D eigenvalue weighted by atomic mass is 16.5. The SMILES string of the molecule is Cc1cccc(Oc2cc(C)c(N)cc2C)n1. The number of rotatable bonds is 2. The minimum atomic E-state index is 0.609. The molecule has 1 aromatic carbocycles. The van der Waals surface area contributed by atoms with Gasteiger partial charge in [0.05, 0.1) is 0 Å². The van der Waals surface area contributed by atoms with Crippen molar-refractivity contribution in [1.29, 1.82) is 0 Å². The van der Waals surface area contributed by atoms with Crippen LogP contribution in [0.5, 0.6) is 11.6 Å². The van der Waals surface area contributed by atoms with Crippen molar-refractivity contribution in [3.63, 3.8) is 0 Å². The molecule has 0 aliphatic carbocycles. The lowest BCUT2D eigenvalue weighted by Gasteiger charge is -2.10. The molecular formula is C14H16N2O. The Bertz CT molecular complexity index is 550. The molecule has 2 aromatic rings. The maximum atomic E-state index is 5.84. The number of aromatic nitrogens is 1. The molecule has 2 N–H and O–H groups in total. The van der Waals surface area contributed by atoms with E-state index in [1.807, 2.05) is 51.1 Å². The Morgan fingerprint density at radius 1 is 1.06 bits per heavy atom. The zero-order valence-electron chi connectivity index (χ0n) is 10.3. The molecule has 0 bridgehead atoms. The first-order valence-corrected chi connectivity index (χ1v) is 5.54. The average Bonchev–Trinajstić information content (AvgIpc) is 2.26. The smallest absolute Gasteiger partial charge is 0.219 e. The van der Waals surface area contributed by atoms with Gasteiger partial charge in [-0.05, 0) is 50.1 Å². The van der Waals surface area contributed by atoms with Gasteiger partial charge in [0.1, 0.15) is 5.75 Å². The van der Waals surface area contributed by atoms with Crippen LogP contribution in [0.25, 0.3) is 0 Å². The van der Waals surface area contributed by atoms with Gasteiger partial charge in [-0.25, -0.2) is 4.98 Å². The van der Waals surface area contributed by atoms with E-state index in [-0.39, 0.29) is 0 Å². The van der Waals surface area contributed by atoms with Gasteiger partial charge in [0, 0.05) is 17.4 Å². The number of hydrogen-bond acceptors (Lipinski definition) is 3. The van der Waals surface area contributed by atoms with Crippen LogP contribution in [-0.2, 0) is 0 Å². The maximum absolute atomic E-state index is 5.84. The summed E-state index contributed by atoms with van der Waals surface area (Å²) in [6.07, 6.45) is 0. The van der Waals surface area contributed by atoms with E-state index in [1.165, 1.54) is 0 Å². The normalized spacial score (nSPS) is 10.3. The summed E-state index contributed by atoms with van der Waals surface area (Å²) < 4.78 is 5.76. The zero-order chi connectivity index (χ0) is 12.4. The van der Waals surface area contributed by atoms with Crippen LogP contribution >= 0.6 is 0 Å². The topological polar surface area (TPSA) is 48.1 Å². The van der Waals surface area contributed by atoms with Gasteiger partial charge >= 0.3 is 0 Å². The van der Waals surface area contributed by atoms with Crippen LogP contribution in [0.3, 0.4) is 0 Å². The molecule has 1 aromatic heterocycles. The van der Waals surface area contributed by atoms with Crippen LogP contribution in [0.2, 0.25) is 0 Å². The number of nitrogens with zero attached hydrogens (tertiary/aromatic N) is 1. The van der Waals surface area contributed by atoms with Gasteiger partial charge < -0.3 is 10.5 Å². The number of aryl methyl sites for hydroxylation is 3. The van der Waals surface area contributed by atoms with Crippen LogP contribution in [0.1, 0.15) is 16.8 Å². The van der Waals surface area contributed by atoms with Gasteiger partial charge in [-0.3, -0.25) is 0 Å². The minimum Gasteiger partial charge on any atom is -0.439 e. The maximum Gasteiger partial charge on any atom is 0.219 e. The predicted molar refractivity (Wildman–Crippen MR) is 69.4 cm³/mol. The summed E-state index contributed by atoms with van der Waals surface area (Å²) in [5, 5.41) is 0. The number of hydrogen-bond donors (Lipinski definition) is 1. The van der Waals surface area contributed by atoms with Crippen molar-refractivity contribution in [3.05, 3.63) is 47.2 Å². The van der Waals surface area contributed by atoms with Crippen molar-refractivity contribution in [2.45, 2.75) is 20.8 Å². The summed E-state index contributed by atoms with van der Waals surface area (Å²) >= 11 is 0. The third kappa shape index (κ3) is 2.56. The number of ether oxygens (including phenoxy) is 1. The molecule has 0 unspecified atom stereocenters. The molecule has 3 nitrogen and oxygen atoms in total. The van der Waals surface area contributed by atoms with Crippen molar-refractivity contribution in [2.75, 3.05) is 5.73 Å². The fourth-order valence-corrected chi connectivity index (χ4v) is 1.61. The first-order chi connectivity index (χ1) is 8.06. The molecular weight excluding hydrogens is 212 g/mol. The van der Waals surface area contributed by atoms with E-state index in [1.54, 1.807) is 0 Å². The molecule has 0 aliphatic rings. The second-order valence-electron chi connectivity index (χ2n) is 4.19.